The molecule has 0 unspecified atom stereocenters. The van der Waals surface area contributed by atoms with Gasteiger partial charge in [-0.3, -0.25) is 4.79 Å². The van der Waals surface area contributed by atoms with Gasteiger partial charge in [-0.15, -0.1) is 0 Å². The topological polar surface area (TPSA) is 128 Å². The first-order valence-electron chi connectivity index (χ1n) is 9.71. The number of nitrogens with one attached hydrogen (secondary N) is 1. The SMILES string of the molecule is O=C(CCCC1CCCCC1)NCCO[C@@H]1O[C@H](CO)[C@H](O)[C@H](O)[C@H]1O. The Hall–Kier alpha value is -0.770. The molecule has 2 rings (SSSR count). The monoisotopic (exact) mass is 375 g/mol. The molecule has 0 aromatic rings. The van der Waals surface area contributed by atoms with Crippen LogP contribution in [-0.2, 0) is 14.3 Å². The Morgan fingerprint density at radius 2 is 1.81 bits per heavy atom. The molecule has 8 heteroatoms. The molecule has 1 aliphatic carbocycles. The second kappa shape index (κ2) is 11.2. The number of hydrogen-bond donors (Lipinski definition) is 5. The van der Waals surface area contributed by atoms with Crippen LogP contribution in [0, 0.1) is 5.92 Å². The highest BCUT2D eigenvalue weighted by Gasteiger charge is 2.43. The normalized spacial score (nSPS) is 33.2. The van der Waals surface area contributed by atoms with Crippen molar-refractivity contribution in [3.63, 3.8) is 0 Å². The fourth-order valence-corrected chi connectivity index (χ4v) is 3.69. The molecule has 152 valence electrons. The van der Waals surface area contributed by atoms with Gasteiger partial charge < -0.3 is 35.2 Å². The smallest absolute Gasteiger partial charge is 0.220 e. The Kier molecular flexibility index (Phi) is 9.24. The molecule has 5 N–H and O–H groups in total. The van der Waals surface area contributed by atoms with E-state index in [-0.39, 0.29) is 19.1 Å². The van der Waals surface area contributed by atoms with Crippen molar-refractivity contribution in [2.45, 2.75) is 82.1 Å². The van der Waals surface area contributed by atoms with E-state index in [9.17, 15) is 20.1 Å². The minimum absolute atomic E-state index is 0.0294. The second-order valence-electron chi connectivity index (χ2n) is 7.31. The van der Waals surface area contributed by atoms with E-state index >= 15 is 0 Å². The zero-order valence-corrected chi connectivity index (χ0v) is 15.3. The van der Waals surface area contributed by atoms with Gasteiger partial charge in [0.25, 0.3) is 0 Å². The predicted octanol–water partition coefficient (Wildman–Crippen LogP) is -0.330. The van der Waals surface area contributed by atoms with E-state index in [1.165, 1.54) is 32.1 Å². The molecule has 0 radical (unpaired) electrons. The van der Waals surface area contributed by atoms with E-state index in [1.54, 1.807) is 0 Å². The Morgan fingerprint density at radius 1 is 1.08 bits per heavy atom. The van der Waals surface area contributed by atoms with Crippen LogP contribution >= 0.6 is 0 Å². The molecule has 0 aromatic carbocycles. The average molecular weight is 375 g/mol. The van der Waals surface area contributed by atoms with Crippen molar-refractivity contribution >= 4 is 5.91 Å². The molecule has 0 bridgehead atoms. The Bertz CT molecular complexity index is 414. The Balaban J connectivity index is 1.56. The quantitative estimate of drug-likeness (QED) is 0.349. The summed E-state index contributed by atoms with van der Waals surface area (Å²) in [6, 6.07) is 0. The number of carbonyl (C=O) groups excluding carboxylic acids is 1. The first-order chi connectivity index (χ1) is 12.5. The van der Waals surface area contributed by atoms with Gasteiger partial charge >= 0.3 is 0 Å². The lowest BCUT2D eigenvalue weighted by molar-refractivity contribution is -0.300. The fraction of sp³-hybridized carbons (Fsp3) is 0.944. The number of rotatable bonds is 9. The number of amides is 1. The third kappa shape index (κ3) is 6.44. The summed E-state index contributed by atoms with van der Waals surface area (Å²) < 4.78 is 10.6. The number of aliphatic hydroxyl groups excluding tert-OH is 4. The lowest BCUT2D eigenvalue weighted by Crippen LogP contribution is -2.59. The fourth-order valence-electron chi connectivity index (χ4n) is 3.69. The summed E-state index contributed by atoms with van der Waals surface area (Å²) in [5, 5.41) is 41.1. The van der Waals surface area contributed by atoms with Crippen LogP contribution in [-0.4, -0.2) is 76.8 Å². The predicted molar refractivity (Wildman–Crippen MR) is 93.2 cm³/mol. The van der Waals surface area contributed by atoms with Gasteiger partial charge in [0.05, 0.1) is 13.2 Å². The summed E-state index contributed by atoms with van der Waals surface area (Å²) in [5.74, 6) is 0.740. The minimum atomic E-state index is -1.46. The van der Waals surface area contributed by atoms with Gasteiger partial charge in [-0.25, -0.2) is 0 Å². The molecular formula is C18H33NO7. The molecule has 2 aliphatic rings. The molecule has 2 fully saturated rings. The lowest BCUT2D eigenvalue weighted by Gasteiger charge is -2.39. The van der Waals surface area contributed by atoms with E-state index in [0.29, 0.717) is 6.42 Å². The van der Waals surface area contributed by atoms with Crippen LogP contribution in [0.1, 0.15) is 51.4 Å². The summed E-state index contributed by atoms with van der Waals surface area (Å²) in [4.78, 5) is 11.8. The summed E-state index contributed by atoms with van der Waals surface area (Å²) in [6.07, 6.45) is 2.60. The molecule has 1 amide bonds. The van der Waals surface area contributed by atoms with Gasteiger partial charge in [0.15, 0.2) is 6.29 Å². The van der Waals surface area contributed by atoms with E-state index in [2.05, 4.69) is 5.32 Å². The highest BCUT2D eigenvalue weighted by molar-refractivity contribution is 5.75. The van der Waals surface area contributed by atoms with Crippen LogP contribution < -0.4 is 5.32 Å². The van der Waals surface area contributed by atoms with Gasteiger partial charge in [-0.2, -0.15) is 0 Å². The first-order valence-corrected chi connectivity index (χ1v) is 9.71. The summed E-state index contributed by atoms with van der Waals surface area (Å²) in [5.41, 5.74) is 0. The molecule has 0 aromatic heterocycles. The van der Waals surface area contributed by atoms with Gasteiger partial charge in [0.1, 0.15) is 24.4 Å². The van der Waals surface area contributed by atoms with Crippen molar-refractivity contribution < 1.29 is 34.7 Å². The van der Waals surface area contributed by atoms with Crippen LogP contribution in [0.15, 0.2) is 0 Å². The third-order valence-electron chi connectivity index (χ3n) is 5.30. The maximum atomic E-state index is 11.8. The third-order valence-corrected chi connectivity index (χ3v) is 5.30. The molecular weight excluding hydrogens is 342 g/mol. The molecule has 26 heavy (non-hydrogen) atoms. The van der Waals surface area contributed by atoms with E-state index in [1.807, 2.05) is 0 Å². The zero-order valence-electron chi connectivity index (χ0n) is 15.3. The molecule has 1 saturated carbocycles. The van der Waals surface area contributed by atoms with E-state index in [0.717, 1.165) is 18.8 Å². The summed E-state index contributed by atoms with van der Waals surface area (Å²) >= 11 is 0. The van der Waals surface area contributed by atoms with Gasteiger partial charge in [0, 0.05) is 13.0 Å². The molecule has 1 saturated heterocycles. The van der Waals surface area contributed by atoms with E-state index in [4.69, 9.17) is 14.6 Å². The van der Waals surface area contributed by atoms with Crippen molar-refractivity contribution in [3.05, 3.63) is 0 Å². The van der Waals surface area contributed by atoms with Crippen LogP contribution in [0.3, 0.4) is 0 Å². The van der Waals surface area contributed by atoms with Crippen LogP contribution in [0.4, 0.5) is 0 Å². The van der Waals surface area contributed by atoms with Crippen molar-refractivity contribution in [1.29, 1.82) is 0 Å². The Labute approximate surface area is 154 Å². The summed E-state index contributed by atoms with van der Waals surface area (Å²) in [7, 11) is 0. The second-order valence-corrected chi connectivity index (χ2v) is 7.31. The maximum Gasteiger partial charge on any atom is 0.220 e. The van der Waals surface area contributed by atoms with Gasteiger partial charge in [0.2, 0.25) is 5.91 Å². The number of aliphatic hydroxyl groups is 4. The van der Waals surface area contributed by atoms with Crippen molar-refractivity contribution in [2.24, 2.45) is 5.92 Å². The number of ether oxygens (including phenoxy) is 2. The standard InChI is InChI=1S/C18H33NO7/c20-11-13-15(22)16(23)17(24)18(26-13)25-10-9-19-14(21)8-4-7-12-5-2-1-3-6-12/h12-13,15-18,20,22-24H,1-11H2,(H,19,21)/t13-,15+,16+,17-,18-/m1/s1. The minimum Gasteiger partial charge on any atom is -0.394 e. The van der Waals surface area contributed by atoms with Gasteiger partial charge in [-0.05, 0) is 18.8 Å². The maximum absolute atomic E-state index is 11.8. The zero-order chi connectivity index (χ0) is 18.9. The lowest BCUT2D eigenvalue weighted by atomic mass is 9.86. The van der Waals surface area contributed by atoms with Gasteiger partial charge in [-0.1, -0.05) is 32.1 Å². The van der Waals surface area contributed by atoms with Crippen molar-refractivity contribution in [2.75, 3.05) is 19.8 Å². The number of carbonyl (C=O) groups is 1. The highest BCUT2D eigenvalue weighted by Crippen LogP contribution is 2.27. The molecule has 5 atom stereocenters. The molecule has 8 nitrogen and oxygen atoms in total. The van der Waals surface area contributed by atoms with E-state index < -0.39 is 37.3 Å². The largest absolute Gasteiger partial charge is 0.394 e. The van der Waals surface area contributed by atoms with Crippen molar-refractivity contribution in [3.8, 4) is 0 Å². The average Bonchev–Trinajstić information content (AvgIpc) is 2.66. The van der Waals surface area contributed by atoms with Crippen LogP contribution in [0.25, 0.3) is 0 Å². The van der Waals surface area contributed by atoms with Crippen LogP contribution in [0.2, 0.25) is 0 Å². The number of hydrogen-bond acceptors (Lipinski definition) is 7. The van der Waals surface area contributed by atoms with Crippen molar-refractivity contribution in [1.82, 2.24) is 5.32 Å². The summed E-state index contributed by atoms with van der Waals surface area (Å²) in [6.45, 7) is -0.142. The first kappa shape index (κ1) is 21.5. The molecule has 0 spiro atoms. The van der Waals surface area contributed by atoms with Crippen LogP contribution in [0.5, 0.6) is 0 Å². The molecule has 1 heterocycles. The Morgan fingerprint density at radius 3 is 2.50 bits per heavy atom. The molecule has 1 aliphatic heterocycles. The highest BCUT2D eigenvalue weighted by atomic mass is 16.7.